The van der Waals surface area contributed by atoms with Crippen molar-refractivity contribution in [1.29, 1.82) is 5.26 Å². The van der Waals surface area contributed by atoms with Crippen LogP contribution < -0.4 is 10.6 Å². The standard InChI is InChI=1S/C18H22ClN3O/c1-13-16(19)9-6-10-17(13)22-18(23)14(11-20)12-21-15-7-4-2-3-5-8-15/h6,9-10,12,15,21H,2-5,7-8H2,1H3,(H,22,23)/b14-12-. The molecule has 1 aromatic carbocycles. The Kier molecular flexibility index (Phi) is 6.49. The normalized spacial score (nSPS) is 16.3. The molecule has 1 amide bonds. The van der Waals surface area contributed by atoms with E-state index in [1.165, 1.54) is 25.7 Å². The number of hydrogen-bond donors (Lipinski definition) is 2. The lowest BCUT2D eigenvalue weighted by atomic mass is 10.1. The van der Waals surface area contributed by atoms with E-state index in [0.29, 0.717) is 16.8 Å². The molecule has 1 aromatic rings. The minimum absolute atomic E-state index is 0.0774. The van der Waals surface area contributed by atoms with E-state index < -0.39 is 5.91 Å². The highest BCUT2D eigenvalue weighted by molar-refractivity contribution is 6.31. The molecule has 1 fully saturated rings. The van der Waals surface area contributed by atoms with Gasteiger partial charge in [-0.05, 0) is 37.5 Å². The second-order valence-corrected chi connectivity index (χ2v) is 6.30. The lowest BCUT2D eigenvalue weighted by Gasteiger charge is -2.14. The maximum absolute atomic E-state index is 12.3. The van der Waals surface area contributed by atoms with E-state index in [4.69, 9.17) is 11.6 Å². The highest BCUT2D eigenvalue weighted by Gasteiger charge is 2.14. The molecular weight excluding hydrogens is 310 g/mol. The van der Waals surface area contributed by atoms with Crippen LogP contribution in [-0.2, 0) is 4.79 Å². The SMILES string of the molecule is Cc1c(Cl)cccc1NC(=O)/C(C#N)=C\NC1CCCCCC1. The van der Waals surface area contributed by atoms with E-state index >= 15 is 0 Å². The third-order valence-electron chi connectivity index (χ3n) is 4.20. The van der Waals surface area contributed by atoms with Gasteiger partial charge in [0, 0.05) is 23.0 Å². The Morgan fingerprint density at radius 2 is 2.00 bits per heavy atom. The van der Waals surface area contributed by atoms with Crippen molar-refractivity contribution in [2.75, 3.05) is 5.32 Å². The van der Waals surface area contributed by atoms with E-state index in [-0.39, 0.29) is 5.57 Å². The summed E-state index contributed by atoms with van der Waals surface area (Å²) in [7, 11) is 0. The summed E-state index contributed by atoms with van der Waals surface area (Å²) in [6, 6.07) is 7.62. The van der Waals surface area contributed by atoms with Crippen molar-refractivity contribution >= 4 is 23.2 Å². The monoisotopic (exact) mass is 331 g/mol. The first-order valence-electron chi connectivity index (χ1n) is 8.04. The Balaban J connectivity index is 2.01. The van der Waals surface area contributed by atoms with Gasteiger partial charge in [-0.2, -0.15) is 5.26 Å². The summed E-state index contributed by atoms with van der Waals surface area (Å²) in [4.78, 5) is 12.3. The molecule has 1 aliphatic carbocycles. The molecule has 0 aliphatic heterocycles. The highest BCUT2D eigenvalue weighted by Crippen LogP contribution is 2.23. The molecule has 0 heterocycles. The largest absolute Gasteiger partial charge is 0.387 e. The molecule has 23 heavy (non-hydrogen) atoms. The molecule has 4 nitrogen and oxygen atoms in total. The predicted molar refractivity (Wildman–Crippen MR) is 93.1 cm³/mol. The van der Waals surface area contributed by atoms with Crippen molar-refractivity contribution < 1.29 is 4.79 Å². The highest BCUT2D eigenvalue weighted by atomic mass is 35.5. The number of benzene rings is 1. The minimum atomic E-state index is -0.418. The zero-order chi connectivity index (χ0) is 16.7. The quantitative estimate of drug-likeness (QED) is 0.491. The van der Waals surface area contributed by atoms with Crippen molar-refractivity contribution in [3.05, 3.63) is 40.6 Å². The lowest BCUT2D eigenvalue weighted by molar-refractivity contribution is -0.112. The number of halogens is 1. The van der Waals surface area contributed by atoms with E-state index in [1.807, 2.05) is 13.0 Å². The molecule has 0 bridgehead atoms. The van der Waals surface area contributed by atoms with Crippen LogP contribution in [-0.4, -0.2) is 11.9 Å². The molecule has 0 spiro atoms. The van der Waals surface area contributed by atoms with Gasteiger partial charge in [-0.1, -0.05) is 43.4 Å². The number of nitrogens with zero attached hydrogens (tertiary/aromatic N) is 1. The molecule has 1 aliphatic rings. The number of rotatable bonds is 4. The van der Waals surface area contributed by atoms with Crippen LogP contribution >= 0.6 is 11.6 Å². The molecule has 122 valence electrons. The first-order valence-corrected chi connectivity index (χ1v) is 8.42. The van der Waals surface area contributed by atoms with Crippen LogP contribution in [0, 0.1) is 18.3 Å². The number of nitriles is 1. The summed E-state index contributed by atoms with van der Waals surface area (Å²) < 4.78 is 0. The van der Waals surface area contributed by atoms with E-state index in [0.717, 1.165) is 18.4 Å². The van der Waals surface area contributed by atoms with Gasteiger partial charge in [0.1, 0.15) is 11.6 Å². The van der Waals surface area contributed by atoms with Crippen molar-refractivity contribution in [3.8, 4) is 6.07 Å². The van der Waals surface area contributed by atoms with Gasteiger partial charge in [0.15, 0.2) is 0 Å². The average molecular weight is 332 g/mol. The topological polar surface area (TPSA) is 64.9 Å². The molecule has 0 radical (unpaired) electrons. The number of hydrogen-bond acceptors (Lipinski definition) is 3. The summed E-state index contributed by atoms with van der Waals surface area (Å²) in [5.41, 5.74) is 1.49. The zero-order valence-electron chi connectivity index (χ0n) is 13.4. The van der Waals surface area contributed by atoms with Gasteiger partial charge in [0.2, 0.25) is 0 Å². The third-order valence-corrected chi connectivity index (χ3v) is 4.61. The molecule has 5 heteroatoms. The minimum Gasteiger partial charge on any atom is -0.387 e. The average Bonchev–Trinajstić information content (AvgIpc) is 2.81. The summed E-state index contributed by atoms with van der Waals surface area (Å²) >= 11 is 6.05. The lowest BCUT2D eigenvalue weighted by Crippen LogP contribution is -2.25. The maximum atomic E-state index is 12.3. The molecular formula is C18H22ClN3O. The van der Waals surface area contributed by atoms with Crippen molar-refractivity contribution in [3.63, 3.8) is 0 Å². The summed E-state index contributed by atoms with van der Waals surface area (Å²) in [5.74, 6) is -0.418. The van der Waals surface area contributed by atoms with E-state index in [1.54, 1.807) is 24.4 Å². The number of anilines is 1. The van der Waals surface area contributed by atoms with Gasteiger partial charge >= 0.3 is 0 Å². The first-order chi connectivity index (χ1) is 11.1. The number of nitrogens with one attached hydrogen (secondary N) is 2. The van der Waals surface area contributed by atoms with Crippen molar-refractivity contribution in [2.24, 2.45) is 0 Å². The van der Waals surface area contributed by atoms with E-state index in [2.05, 4.69) is 10.6 Å². The molecule has 0 saturated heterocycles. The molecule has 0 unspecified atom stereocenters. The van der Waals surface area contributed by atoms with Crippen LogP contribution in [0.1, 0.15) is 44.1 Å². The third kappa shape index (κ3) is 5.01. The predicted octanol–water partition coefficient (Wildman–Crippen LogP) is 4.31. The maximum Gasteiger partial charge on any atom is 0.267 e. The van der Waals surface area contributed by atoms with Crippen LogP contribution in [0.3, 0.4) is 0 Å². The van der Waals surface area contributed by atoms with Gasteiger partial charge in [0.05, 0.1) is 0 Å². The Labute approximate surface area is 142 Å². The van der Waals surface area contributed by atoms with Crippen LogP contribution in [0.15, 0.2) is 30.0 Å². The fourth-order valence-electron chi connectivity index (χ4n) is 2.73. The molecule has 0 aromatic heterocycles. The van der Waals surface area contributed by atoms with Crippen LogP contribution in [0.5, 0.6) is 0 Å². The Bertz CT molecular complexity index is 626. The van der Waals surface area contributed by atoms with Gasteiger partial charge < -0.3 is 10.6 Å². The second kappa shape index (κ2) is 8.59. The fourth-order valence-corrected chi connectivity index (χ4v) is 2.90. The van der Waals surface area contributed by atoms with Crippen molar-refractivity contribution in [1.82, 2.24) is 5.32 Å². The summed E-state index contributed by atoms with van der Waals surface area (Å²) in [6.45, 7) is 1.83. The number of carbonyl (C=O) groups excluding carboxylic acids is 1. The Hall–Kier alpha value is -1.99. The van der Waals surface area contributed by atoms with Crippen LogP contribution in [0.25, 0.3) is 0 Å². The van der Waals surface area contributed by atoms with Crippen LogP contribution in [0.4, 0.5) is 5.69 Å². The Morgan fingerprint density at radius 1 is 1.30 bits per heavy atom. The smallest absolute Gasteiger partial charge is 0.267 e. The van der Waals surface area contributed by atoms with Crippen LogP contribution in [0.2, 0.25) is 5.02 Å². The van der Waals surface area contributed by atoms with Gasteiger partial charge in [0.25, 0.3) is 5.91 Å². The van der Waals surface area contributed by atoms with Gasteiger partial charge in [-0.3, -0.25) is 4.79 Å². The summed E-state index contributed by atoms with van der Waals surface area (Å²) in [5, 5.41) is 15.8. The number of carbonyl (C=O) groups is 1. The fraction of sp³-hybridized carbons (Fsp3) is 0.444. The van der Waals surface area contributed by atoms with Crippen molar-refractivity contribution in [2.45, 2.75) is 51.5 Å². The molecule has 2 rings (SSSR count). The molecule has 0 atom stereocenters. The number of amides is 1. The molecule has 2 N–H and O–H groups in total. The van der Waals surface area contributed by atoms with Gasteiger partial charge in [-0.15, -0.1) is 0 Å². The zero-order valence-corrected chi connectivity index (χ0v) is 14.1. The Morgan fingerprint density at radius 3 is 2.65 bits per heavy atom. The second-order valence-electron chi connectivity index (χ2n) is 5.89. The first kappa shape index (κ1) is 17.4. The summed E-state index contributed by atoms with van der Waals surface area (Å²) in [6.07, 6.45) is 8.64. The molecule has 1 saturated carbocycles. The van der Waals surface area contributed by atoms with E-state index in [9.17, 15) is 10.1 Å². The van der Waals surface area contributed by atoms with Gasteiger partial charge in [-0.25, -0.2) is 0 Å².